The van der Waals surface area contributed by atoms with E-state index < -0.39 is 0 Å². The van der Waals surface area contributed by atoms with Gasteiger partial charge in [0.15, 0.2) is 0 Å². The monoisotopic (exact) mass is 326 g/mol. The molecule has 0 bridgehead atoms. The molecule has 4 aromatic carbocycles. The molecular weight excluding hydrogens is 316 g/mol. The van der Waals surface area contributed by atoms with Gasteiger partial charge < -0.3 is 4.42 Å². The average Bonchev–Trinajstić information content (AvgIpc) is 3.12. The number of fused-ring (bicyclic) bond motifs is 7. The maximum atomic E-state index is 6.14. The van der Waals surface area contributed by atoms with Crippen LogP contribution in [0.15, 0.2) is 71.1 Å². The average molecular weight is 327 g/mol. The van der Waals surface area contributed by atoms with Gasteiger partial charge in [-0.1, -0.05) is 54.1 Å². The second kappa shape index (κ2) is 4.19. The Morgan fingerprint density at radius 1 is 0.583 bits per heavy atom. The summed E-state index contributed by atoms with van der Waals surface area (Å²) in [5.74, 6) is 0. The lowest BCUT2D eigenvalue weighted by Gasteiger charge is -2.03. The van der Waals surface area contributed by atoms with Gasteiger partial charge in [0.2, 0.25) is 0 Å². The summed E-state index contributed by atoms with van der Waals surface area (Å²) in [7, 11) is 0. The minimum atomic E-state index is 0.698. The highest BCUT2D eigenvalue weighted by Crippen LogP contribution is 2.50. The van der Waals surface area contributed by atoms with Crippen LogP contribution in [0.25, 0.3) is 55.0 Å². The summed E-state index contributed by atoms with van der Waals surface area (Å²) in [6.07, 6.45) is 0. The van der Waals surface area contributed by atoms with E-state index in [1.165, 1.54) is 38.4 Å². The summed E-state index contributed by atoms with van der Waals surface area (Å²) in [5.41, 5.74) is 6.91. The number of hydrogen-bond acceptors (Lipinski definition) is 1. The topological polar surface area (TPSA) is 13.1 Å². The molecule has 112 valence electrons. The predicted octanol–water partition coefficient (Wildman–Crippen LogP) is 7.04. The lowest BCUT2D eigenvalue weighted by molar-refractivity contribution is 0.669. The van der Waals surface area contributed by atoms with Gasteiger partial charge in [0.05, 0.1) is 0 Å². The number of rotatable bonds is 0. The van der Waals surface area contributed by atoms with Crippen molar-refractivity contribution in [2.45, 2.75) is 0 Å². The zero-order valence-electron chi connectivity index (χ0n) is 12.6. The van der Waals surface area contributed by atoms with Gasteiger partial charge in [-0.25, -0.2) is 0 Å². The number of hydrogen-bond donors (Lipinski definition) is 0. The van der Waals surface area contributed by atoms with Gasteiger partial charge >= 0.3 is 0 Å². The van der Waals surface area contributed by atoms with Gasteiger partial charge in [0.25, 0.3) is 0 Å². The minimum absolute atomic E-state index is 0.698. The molecule has 0 fully saturated rings. The molecule has 0 saturated carbocycles. The summed E-state index contributed by atoms with van der Waals surface area (Å²) in [6, 6.07) is 23.2. The van der Waals surface area contributed by atoms with Crippen molar-refractivity contribution in [3.63, 3.8) is 0 Å². The number of furan rings is 1. The molecule has 2 heteroatoms. The molecule has 0 radical (unpaired) electrons. The third-order valence-corrected chi connectivity index (χ3v) is 5.30. The van der Waals surface area contributed by atoms with Crippen molar-refractivity contribution >= 4 is 44.3 Å². The molecule has 1 nitrogen and oxygen atoms in total. The molecule has 0 amide bonds. The van der Waals surface area contributed by atoms with Crippen LogP contribution in [0.5, 0.6) is 0 Å². The maximum Gasteiger partial charge on any atom is 0.136 e. The SMILES string of the molecule is Clc1ccc2c(c1)oc1cc3c4c(cccc4c12)-c1ccccc1-3. The molecule has 6 rings (SSSR count). The van der Waals surface area contributed by atoms with Gasteiger partial charge in [-0.15, -0.1) is 0 Å². The highest BCUT2D eigenvalue weighted by atomic mass is 35.5. The Hall–Kier alpha value is -2.77. The van der Waals surface area contributed by atoms with Crippen LogP contribution in [-0.2, 0) is 0 Å². The Balaban J connectivity index is 1.91. The van der Waals surface area contributed by atoms with Crippen molar-refractivity contribution in [3.05, 3.63) is 71.8 Å². The van der Waals surface area contributed by atoms with Crippen LogP contribution in [-0.4, -0.2) is 0 Å². The first-order valence-electron chi connectivity index (χ1n) is 7.98. The van der Waals surface area contributed by atoms with E-state index in [1.807, 2.05) is 12.1 Å². The van der Waals surface area contributed by atoms with Crippen molar-refractivity contribution in [2.75, 3.05) is 0 Å². The van der Waals surface area contributed by atoms with Crippen LogP contribution in [0.2, 0.25) is 5.02 Å². The summed E-state index contributed by atoms with van der Waals surface area (Å²) in [5, 5.41) is 5.56. The Labute approximate surface area is 143 Å². The molecule has 0 atom stereocenters. The van der Waals surface area contributed by atoms with Crippen molar-refractivity contribution in [2.24, 2.45) is 0 Å². The van der Waals surface area contributed by atoms with E-state index in [9.17, 15) is 0 Å². The van der Waals surface area contributed by atoms with E-state index in [1.54, 1.807) is 0 Å². The van der Waals surface area contributed by atoms with Crippen LogP contribution >= 0.6 is 11.6 Å². The van der Waals surface area contributed by atoms with Crippen molar-refractivity contribution < 1.29 is 4.42 Å². The van der Waals surface area contributed by atoms with Crippen LogP contribution in [0.1, 0.15) is 0 Å². The third-order valence-electron chi connectivity index (χ3n) is 5.07. The lowest BCUT2D eigenvalue weighted by Crippen LogP contribution is -1.78. The molecule has 0 unspecified atom stereocenters. The van der Waals surface area contributed by atoms with Crippen molar-refractivity contribution in [1.29, 1.82) is 0 Å². The van der Waals surface area contributed by atoms with Crippen LogP contribution in [0.3, 0.4) is 0 Å². The Bertz CT molecular complexity index is 1310. The highest BCUT2D eigenvalue weighted by Gasteiger charge is 2.24. The minimum Gasteiger partial charge on any atom is -0.456 e. The first-order chi connectivity index (χ1) is 11.8. The zero-order chi connectivity index (χ0) is 15.8. The first kappa shape index (κ1) is 12.6. The number of benzene rings is 4. The molecule has 5 aromatic rings. The fourth-order valence-electron chi connectivity index (χ4n) is 4.11. The summed E-state index contributed by atoms with van der Waals surface area (Å²) >= 11 is 6.14. The molecule has 1 aliphatic rings. The first-order valence-corrected chi connectivity index (χ1v) is 8.36. The van der Waals surface area contributed by atoms with Crippen LogP contribution in [0, 0.1) is 0 Å². The normalized spacial score (nSPS) is 12.4. The molecule has 0 N–H and O–H groups in total. The summed E-state index contributed by atoms with van der Waals surface area (Å²) in [4.78, 5) is 0. The smallest absolute Gasteiger partial charge is 0.136 e. The highest BCUT2D eigenvalue weighted by molar-refractivity contribution is 6.32. The van der Waals surface area contributed by atoms with Crippen molar-refractivity contribution in [1.82, 2.24) is 0 Å². The van der Waals surface area contributed by atoms with Gasteiger partial charge in [0.1, 0.15) is 11.2 Å². The van der Waals surface area contributed by atoms with E-state index in [-0.39, 0.29) is 0 Å². The van der Waals surface area contributed by atoms with E-state index in [2.05, 4.69) is 54.6 Å². The standard InChI is InChI=1S/C22H11ClO/c23-12-8-9-16-19(10-12)24-20-11-18-14-5-2-1-4-13(14)15-6-3-7-17(21(15)18)22(16)20/h1-11H. The fourth-order valence-corrected chi connectivity index (χ4v) is 4.27. The second-order valence-electron chi connectivity index (χ2n) is 6.31. The van der Waals surface area contributed by atoms with Crippen LogP contribution in [0.4, 0.5) is 0 Å². The van der Waals surface area contributed by atoms with Gasteiger partial charge in [-0.05, 0) is 51.2 Å². The van der Waals surface area contributed by atoms with E-state index in [0.29, 0.717) is 5.02 Å². The maximum absolute atomic E-state index is 6.14. The van der Waals surface area contributed by atoms with Gasteiger partial charge in [-0.2, -0.15) is 0 Å². The Morgan fingerprint density at radius 2 is 1.38 bits per heavy atom. The number of halogens is 1. The molecule has 1 aromatic heterocycles. The fraction of sp³-hybridized carbons (Fsp3) is 0. The second-order valence-corrected chi connectivity index (χ2v) is 6.75. The summed E-state index contributed by atoms with van der Waals surface area (Å²) < 4.78 is 6.14. The van der Waals surface area contributed by atoms with Gasteiger partial charge in [-0.3, -0.25) is 0 Å². The molecule has 24 heavy (non-hydrogen) atoms. The van der Waals surface area contributed by atoms with E-state index in [0.717, 1.165) is 16.6 Å². The molecule has 0 saturated heterocycles. The van der Waals surface area contributed by atoms with Gasteiger partial charge in [0, 0.05) is 21.9 Å². The lowest BCUT2D eigenvalue weighted by atomic mass is 9.98. The van der Waals surface area contributed by atoms with E-state index in [4.69, 9.17) is 16.0 Å². The van der Waals surface area contributed by atoms with Crippen LogP contribution < -0.4 is 0 Å². The summed E-state index contributed by atoms with van der Waals surface area (Å²) in [6.45, 7) is 0. The third kappa shape index (κ3) is 1.41. The largest absolute Gasteiger partial charge is 0.456 e. The zero-order valence-corrected chi connectivity index (χ0v) is 13.4. The molecule has 1 aliphatic carbocycles. The molecule has 0 spiro atoms. The molecule has 1 heterocycles. The molecule has 0 aliphatic heterocycles. The van der Waals surface area contributed by atoms with E-state index >= 15 is 0 Å². The quantitative estimate of drug-likeness (QED) is 0.292. The molecular formula is C22H11ClO. The Morgan fingerprint density at radius 3 is 2.25 bits per heavy atom. The predicted molar refractivity (Wildman–Crippen MR) is 101 cm³/mol. The Kier molecular flexibility index (Phi) is 2.21. The van der Waals surface area contributed by atoms with Crippen molar-refractivity contribution in [3.8, 4) is 22.3 Å².